The molecule has 0 spiro atoms. The average Bonchev–Trinajstić information content (AvgIpc) is 2.29. The number of nitrogens with zero attached hydrogens (tertiary/aromatic N) is 1. The zero-order chi connectivity index (χ0) is 12.7. The first-order valence-electron chi connectivity index (χ1n) is 7.18. The van der Waals surface area contributed by atoms with Crippen LogP contribution in [-0.2, 0) is 0 Å². The van der Waals surface area contributed by atoms with Gasteiger partial charge in [-0.1, -0.05) is 33.1 Å². The van der Waals surface area contributed by atoms with E-state index >= 15 is 0 Å². The lowest BCUT2D eigenvalue weighted by Crippen LogP contribution is -2.42. The van der Waals surface area contributed by atoms with E-state index in [4.69, 9.17) is 0 Å². The Kier molecular flexibility index (Phi) is 7.09. The van der Waals surface area contributed by atoms with Crippen LogP contribution in [0.25, 0.3) is 0 Å². The SMILES string of the molecule is CC(C)CNCC(O)CN(C)C1CCCCC1. The smallest absolute Gasteiger partial charge is 0.0791 e. The predicted octanol–water partition coefficient (Wildman–Crippen LogP) is 1.86. The lowest BCUT2D eigenvalue weighted by atomic mass is 9.94. The first kappa shape index (κ1) is 14.9. The van der Waals surface area contributed by atoms with E-state index in [0.717, 1.165) is 19.6 Å². The van der Waals surface area contributed by atoms with E-state index in [0.29, 0.717) is 12.0 Å². The van der Waals surface area contributed by atoms with E-state index in [1.165, 1.54) is 32.1 Å². The first-order valence-corrected chi connectivity index (χ1v) is 7.18. The molecule has 1 unspecified atom stereocenters. The number of rotatable bonds is 7. The molecule has 1 atom stereocenters. The molecule has 3 heteroatoms. The molecular formula is C14H30N2O. The highest BCUT2D eigenvalue weighted by Crippen LogP contribution is 2.21. The summed E-state index contributed by atoms with van der Waals surface area (Å²) in [6, 6.07) is 0.698. The minimum Gasteiger partial charge on any atom is -0.390 e. The van der Waals surface area contributed by atoms with Crippen molar-refractivity contribution >= 4 is 0 Å². The maximum atomic E-state index is 9.96. The van der Waals surface area contributed by atoms with Gasteiger partial charge in [-0.3, -0.25) is 0 Å². The molecule has 1 rings (SSSR count). The van der Waals surface area contributed by atoms with Gasteiger partial charge in [0.2, 0.25) is 0 Å². The summed E-state index contributed by atoms with van der Waals surface area (Å²) >= 11 is 0. The largest absolute Gasteiger partial charge is 0.390 e. The first-order chi connectivity index (χ1) is 8.09. The molecule has 1 aliphatic carbocycles. The maximum absolute atomic E-state index is 9.96. The van der Waals surface area contributed by atoms with E-state index in [-0.39, 0.29) is 6.10 Å². The van der Waals surface area contributed by atoms with Gasteiger partial charge in [0.1, 0.15) is 0 Å². The van der Waals surface area contributed by atoms with Crippen molar-refractivity contribution in [3.8, 4) is 0 Å². The third-order valence-electron chi connectivity index (χ3n) is 3.63. The van der Waals surface area contributed by atoms with Gasteiger partial charge in [0.05, 0.1) is 6.10 Å². The molecule has 0 aromatic heterocycles. The normalized spacial score (nSPS) is 20.1. The van der Waals surface area contributed by atoms with Gasteiger partial charge in [0.25, 0.3) is 0 Å². The van der Waals surface area contributed by atoms with Crippen molar-refractivity contribution in [2.75, 3.05) is 26.7 Å². The van der Waals surface area contributed by atoms with Crippen molar-refractivity contribution < 1.29 is 5.11 Å². The third-order valence-corrected chi connectivity index (χ3v) is 3.63. The van der Waals surface area contributed by atoms with Crippen molar-refractivity contribution in [2.45, 2.75) is 58.1 Å². The second kappa shape index (κ2) is 8.06. The van der Waals surface area contributed by atoms with Crippen LogP contribution in [-0.4, -0.2) is 48.8 Å². The number of aliphatic hydroxyl groups excluding tert-OH is 1. The van der Waals surface area contributed by atoms with Crippen LogP contribution in [0.1, 0.15) is 46.0 Å². The summed E-state index contributed by atoms with van der Waals surface area (Å²) in [5.41, 5.74) is 0. The molecule has 2 N–H and O–H groups in total. The van der Waals surface area contributed by atoms with Crippen LogP contribution in [0.3, 0.4) is 0 Å². The summed E-state index contributed by atoms with van der Waals surface area (Å²) < 4.78 is 0. The van der Waals surface area contributed by atoms with Crippen molar-refractivity contribution in [3.63, 3.8) is 0 Å². The topological polar surface area (TPSA) is 35.5 Å². The van der Waals surface area contributed by atoms with Gasteiger partial charge in [0.15, 0.2) is 0 Å². The molecule has 0 heterocycles. The predicted molar refractivity (Wildman–Crippen MR) is 73.2 cm³/mol. The van der Waals surface area contributed by atoms with Crippen LogP contribution in [0.15, 0.2) is 0 Å². The number of hydrogen-bond donors (Lipinski definition) is 2. The molecule has 0 aromatic carbocycles. The monoisotopic (exact) mass is 242 g/mol. The van der Waals surface area contributed by atoms with Gasteiger partial charge >= 0.3 is 0 Å². The Hall–Kier alpha value is -0.120. The summed E-state index contributed by atoms with van der Waals surface area (Å²) in [6.07, 6.45) is 6.49. The molecule has 102 valence electrons. The standard InChI is InChI=1S/C14H30N2O/c1-12(2)9-15-10-14(17)11-16(3)13-7-5-4-6-8-13/h12-15,17H,4-11H2,1-3H3. The number of hydrogen-bond acceptors (Lipinski definition) is 3. The van der Waals surface area contributed by atoms with Gasteiger partial charge < -0.3 is 15.3 Å². The molecule has 0 amide bonds. The van der Waals surface area contributed by atoms with E-state index < -0.39 is 0 Å². The van der Waals surface area contributed by atoms with Crippen LogP contribution >= 0.6 is 0 Å². The zero-order valence-electron chi connectivity index (χ0n) is 11.8. The molecule has 1 saturated carbocycles. The Morgan fingerprint density at radius 2 is 1.82 bits per heavy atom. The van der Waals surface area contributed by atoms with Crippen LogP contribution in [0.2, 0.25) is 0 Å². The van der Waals surface area contributed by atoms with Crippen molar-refractivity contribution in [2.24, 2.45) is 5.92 Å². The third kappa shape index (κ3) is 6.39. The van der Waals surface area contributed by atoms with Crippen LogP contribution < -0.4 is 5.32 Å². The fraction of sp³-hybridized carbons (Fsp3) is 1.00. The minimum atomic E-state index is -0.235. The summed E-state index contributed by atoms with van der Waals surface area (Å²) in [4.78, 5) is 2.35. The summed E-state index contributed by atoms with van der Waals surface area (Å²) in [7, 11) is 2.15. The number of aliphatic hydroxyl groups is 1. The van der Waals surface area contributed by atoms with Gasteiger partial charge in [-0.25, -0.2) is 0 Å². The molecule has 0 bridgehead atoms. The molecule has 3 nitrogen and oxygen atoms in total. The van der Waals surface area contributed by atoms with Gasteiger partial charge in [0, 0.05) is 19.1 Å². The summed E-state index contributed by atoms with van der Waals surface area (Å²) in [6.45, 7) is 6.89. The number of likely N-dealkylation sites (N-methyl/N-ethyl adjacent to an activating group) is 1. The molecule has 1 aliphatic rings. The van der Waals surface area contributed by atoms with Crippen LogP contribution in [0.4, 0.5) is 0 Å². The highest BCUT2D eigenvalue weighted by atomic mass is 16.3. The van der Waals surface area contributed by atoms with Gasteiger partial charge in [-0.15, -0.1) is 0 Å². The van der Waals surface area contributed by atoms with Crippen LogP contribution in [0.5, 0.6) is 0 Å². The molecule has 17 heavy (non-hydrogen) atoms. The lowest BCUT2D eigenvalue weighted by Gasteiger charge is -2.32. The second-order valence-corrected chi connectivity index (χ2v) is 5.94. The molecular weight excluding hydrogens is 212 g/mol. The van der Waals surface area contributed by atoms with Crippen molar-refractivity contribution in [1.82, 2.24) is 10.2 Å². The lowest BCUT2D eigenvalue weighted by molar-refractivity contribution is 0.0902. The Morgan fingerprint density at radius 1 is 1.18 bits per heavy atom. The Bertz CT molecular complexity index is 191. The quantitative estimate of drug-likeness (QED) is 0.715. The van der Waals surface area contributed by atoms with E-state index in [1.807, 2.05) is 0 Å². The Labute approximate surface area is 107 Å². The van der Waals surface area contributed by atoms with Crippen LogP contribution in [0, 0.1) is 5.92 Å². The zero-order valence-corrected chi connectivity index (χ0v) is 11.8. The molecule has 0 radical (unpaired) electrons. The average molecular weight is 242 g/mol. The summed E-state index contributed by atoms with van der Waals surface area (Å²) in [5, 5.41) is 13.3. The van der Waals surface area contributed by atoms with Crippen molar-refractivity contribution in [1.29, 1.82) is 0 Å². The van der Waals surface area contributed by atoms with Crippen molar-refractivity contribution in [3.05, 3.63) is 0 Å². The van der Waals surface area contributed by atoms with Gasteiger partial charge in [-0.2, -0.15) is 0 Å². The second-order valence-electron chi connectivity index (χ2n) is 5.94. The number of nitrogens with one attached hydrogen (secondary N) is 1. The Morgan fingerprint density at radius 3 is 2.41 bits per heavy atom. The maximum Gasteiger partial charge on any atom is 0.0791 e. The molecule has 0 aliphatic heterocycles. The summed E-state index contributed by atoms with van der Waals surface area (Å²) in [5.74, 6) is 0.651. The fourth-order valence-corrected chi connectivity index (χ4v) is 2.61. The highest BCUT2D eigenvalue weighted by Gasteiger charge is 2.19. The highest BCUT2D eigenvalue weighted by molar-refractivity contribution is 4.76. The van der Waals surface area contributed by atoms with Gasteiger partial charge in [-0.05, 0) is 32.4 Å². The Balaban J connectivity index is 2.13. The van der Waals surface area contributed by atoms with E-state index in [1.54, 1.807) is 0 Å². The molecule has 0 aromatic rings. The molecule has 0 saturated heterocycles. The minimum absolute atomic E-state index is 0.235. The fourth-order valence-electron chi connectivity index (χ4n) is 2.61. The van der Waals surface area contributed by atoms with E-state index in [2.05, 4.69) is 31.1 Å². The molecule has 1 fully saturated rings. The van der Waals surface area contributed by atoms with E-state index in [9.17, 15) is 5.11 Å².